The molecule has 0 radical (unpaired) electrons. The van der Waals surface area contributed by atoms with Gasteiger partial charge in [-0.2, -0.15) is 0 Å². The summed E-state index contributed by atoms with van der Waals surface area (Å²) in [6, 6.07) is 14.0. The van der Waals surface area contributed by atoms with Crippen molar-refractivity contribution in [3.05, 3.63) is 53.6 Å². The van der Waals surface area contributed by atoms with E-state index in [1.54, 1.807) is 13.2 Å². The van der Waals surface area contributed by atoms with Crippen molar-refractivity contribution in [3.63, 3.8) is 0 Å². The molecule has 0 aromatic heterocycles. The molecule has 1 saturated heterocycles. The van der Waals surface area contributed by atoms with Crippen LogP contribution >= 0.6 is 0 Å². The molecule has 3 rings (SSSR count). The molecule has 2 N–H and O–H groups in total. The van der Waals surface area contributed by atoms with Crippen molar-refractivity contribution in [2.24, 2.45) is 5.73 Å². The van der Waals surface area contributed by atoms with Gasteiger partial charge in [0.15, 0.2) is 0 Å². The molecule has 1 amide bonds. The molecule has 1 aliphatic heterocycles. The summed E-state index contributed by atoms with van der Waals surface area (Å²) in [4.78, 5) is 16.7. The van der Waals surface area contributed by atoms with Crippen molar-refractivity contribution in [2.45, 2.75) is 19.5 Å². The minimum atomic E-state index is -0.440. The van der Waals surface area contributed by atoms with Crippen LogP contribution in [0.2, 0.25) is 0 Å². The molecule has 156 valence electrons. The number of amides is 1. The zero-order valence-corrected chi connectivity index (χ0v) is 17.6. The molecule has 0 spiro atoms. The number of morpholine rings is 1. The Morgan fingerprint density at radius 1 is 1.21 bits per heavy atom. The third kappa shape index (κ3) is 5.35. The number of hydrogen-bond acceptors (Lipinski definition) is 5. The smallest absolute Gasteiger partial charge is 0.249 e. The second-order valence-corrected chi connectivity index (χ2v) is 7.64. The average Bonchev–Trinajstić information content (AvgIpc) is 2.74. The van der Waals surface area contributed by atoms with Crippen molar-refractivity contribution >= 4 is 5.91 Å². The van der Waals surface area contributed by atoms with Crippen LogP contribution in [0.3, 0.4) is 0 Å². The third-order valence-corrected chi connectivity index (χ3v) is 5.44. The molecule has 0 bridgehead atoms. The lowest BCUT2D eigenvalue weighted by atomic mass is 9.96. The molecule has 1 unspecified atom stereocenters. The maximum Gasteiger partial charge on any atom is 0.249 e. The monoisotopic (exact) mass is 397 g/mol. The second kappa shape index (κ2) is 9.87. The van der Waals surface area contributed by atoms with E-state index in [9.17, 15) is 4.79 Å². The summed E-state index contributed by atoms with van der Waals surface area (Å²) in [5.41, 5.74) is 8.93. The largest absolute Gasteiger partial charge is 0.496 e. The number of carbonyl (C=O) groups excluding carboxylic acids is 1. The molecule has 1 fully saturated rings. The van der Waals surface area contributed by atoms with Crippen LogP contribution in [0.4, 0.5) is 0 Å². The molecule has 1 atom stereocenters. The van der Waals surface area contributed by atoms with Crippen molar-refractivity contribution in [2.75, 3.05) is 47.0 Å². The number of likely N-dealkylation sites (N-methyl/N-ethyl adjacent to an activating group) is 1. The highest BCUT2D eigenvalue weighted by molar-refractivity contribution is 6.00. The Morgan fingerprint density at radius 2 is 1.93 bits per heavy atom. The number of carbonyl (C=O) groups is 1. The van der Waals surface area contributed by atoms with Gasteiger partial charge in [-0.25, -0.2) is 0 Å². The fraction of sp³-hybridized carbons (Fsp3) is 0.435. The molecule has 1 aliphatic rings. The number of nitrogens with two attached hydrogens (primary N) is 1. The summed E-state index contributed by atoms with van der Waals surface area (Å²) in [5, 5.41) is 0. The molecular weight excluding hydrogens is 366 g/mol. The van der Waals surface area contributed by atoms with E-state index < -0.39 is 5.91 Å². The van der Waals surface area contributed by atoms with Crippen LogP contribution in [0, 0.1) is 0 Å². The van der Waals surface area contributed by atoms with Gasteiger partial charge in [-0.05, 0) is 43.3 Å². The predicted octanol–water partition coefficient (Wildman–Crippen LogP) is 2.61. The molecule has 6 nitrogen and oxygen atoms in total. The predicted molar refractivity (Wildman–Crippen MR) is 115 cm³/mol. The van der Waals surface area contributed by atoms with Gasteiger partial charge in [0.1, 0.15) is 5.75 Å². The normalized spacial score (nSPS) is 16.0. The number of rotatable bonds is 8. The Kier molecular flexibility index (Phi) is 7.25. The van der Waals surface area contributed by atoms with E-state index >= 15 is 0 Å². The number of ether oxygens (including phenoxy) is 2. The summed E-state index contributed by atoms with van der Waals surface area (Å²) >= 11 is 0. The minimum absolute atomic E-state index is 0.440. The highest BCUT2D eigenvalue weighted by Gasteiger charge is 2.19. The third-order valence-electron chi connectivity index (χ3n) is 5.44. The summed E-state index contributed by atoms with van der Waals surface area (Å²) < 4.78 is 11.0. The Morgan fingerprint density at radius 3 is 2.62 bits per heavy atom. The van der Waals surface area contributed by atoms with Crippen LogP contribution in [-0.2, 0) is 11.3 Å². The van der Waals surface area contributed by atoms with E-state index in [2.05, 4.69) is 35.9 Å². The van der Waals surface area contributed by atoms with Crippen LogP contribution in [0.5, 0.6) is 5.75 Å². The molecule has 6 heteroatoms. The van der Waals surface area contributed by atoms with Gasteiger partial charge in [-0.3, -0.25) is 9.69 Å². The maximum atomic E-state index is 11.9. The first-order valence-electron chi connectivity index (χ1n) is 10.1. The minimum Gasteiger partial charge on any atom is -0.496 e. The fourth-order valence-corrected chi connectivity index (χ4v) is 3.96. The van der Waals surface area contributed by atoms with Gasteiger partial charge in [0.25, 0.3) is 0 Å². The van der Waals surface area contributed by atoms with E-state index in [0.29, 0.717) is 11.6 Å². The van der Waals surface area contributed by atoms with Crippen LogP contribution in [0.15, 0.2) is 42.5 Å². The summed E-state index contributed by atoms with van der Waals surface area (Å²) in [6.07, 6.45) is 0. The van der Waals surface area contributed by atoms with Gasteiger partial charge in [-0.1, -0.05) is 24.3 Å². The van der Waals surface area contributed by atoms with Crippen LogP contribution in [0.25, 0.3) is 11.1 Å². The van der Waals surface area contributed by atoms with Crippen molar-refractivity contribution in [1.82, 2.24) is 9.80 Å². The lowest BCUT2D eigenvalue weighted by Crippen LogP contribution is -2.46. The molecular formula is C23H31N3O3. The van der Waals surface area contributed by atoms with E-state index in [1.165, 1.54) is 0 Å². The number of hydrogen-bond donors (Lipinski definition) is 1. The Bertz CT molecular complexity index is 834. The Balaban J connectivity index is 1.77. The van der Waals surface area contributed by atoms with Crippen molar-refractivity contribution in [3.8, 4) is 16.9 Å². The zero-order chi connectivity index (χ0) is 20.8. The lowest BCUT2D eigenvalue weighted by molar-refractivity contribution is 0.0137. The first kappa shape index (κ1) is 21.3. The molecule has 0 aliphatic carbocycles. The molecule has 29 heavy (non-hydrogen) atoms. The van der Waals surface area contributed by atoms with Crippen LogP contribution in [0.1, 0.15) is 22.8 Å². The summed E-state index contributed by atoms with van der Waals surface area (Å²) in [5.74, 6) is 0.288. The first-order chi connectivity index (χ1) is 14.0. The molecule has 1 heterocycles. The number of nitrogens with zero attached hydrogens (tertiary/aromatic N) is 2. The number of primary amides is 1. The van der Waals surface area contributed by atoms with E-state index in [1.807, 2.05) is 24.3 Å². The summed E-state index contributed by atoms with van der Waals surface area (Å²) in [6.45, 7) is 7.66. The van der Waals surface area contributed by atoms with Gasteiger partial charge in [0.2, 0.25) is 5.91 Å². The highest BCUT2D eigenvalue weighted by Crippen LogP contribution is 2.33. The van der Waals surface area contributed by atoms with E-state index in [4.69, 9.17) is 15.2 Å². The summed E-state index contributed by atoms with van der Waals surface area (Å²) in [7, 11) is 3.78. The van der Waals surface area contributed by atoms with E-state index in [-0.39, 0.29) is 0 Å². The average molecular weight is 398 g/mol. The lowest BCUT2D eigenvalue weighted by Gasteiger charge is -2.34. The number of methoxy groups -OCH3 is 1. The van der Waals surface area contributed by atoms with Gasteiger partial charge >= 0.3 is 0 Å². The van der Waals surface area contributed by atoms with Gasteiger partial charge in [-0.15, -0.1) is 0 Å². The first-order valence-corrected chi connectivity index (χ1v) is 10.1. The molecule has 2 aromatic rings. The zero-order valence-electron chi connectivity index (χ0n) is 17.6. The fourth-order valence-electron chi connectivity index (χ4n) is 3.96. The van der Waals surface area contributed by atoms with Crippen molar-refractivity contribution < 1.29 is 14.3 Å². The number of benzene rings is 2. The standard InChI is InChI=1S/C23H31N3O3/c1-17(26-10-12-29-13-11-26)15-25(2)16-18-8-9-22(28-3)21(14-18)19-6-4-5-7-20(19)23(24)27/h4-9,14,17H,10-13,15-16H2,1-3H3,(H2,24,27). The van der Waals surface area contributed by atoms with E-state index in [0.717, 1.165) is 61.8 Å². The highest BCUT2D eigenvalue weighted by atomic mass is 16.5. The van der Waals surface area contributed by atoms with Crippen LogP contribution in [-0.4, -0.2) is 68.8 Å². The Hall–Kier alpha value is -2.41. The maximum absolute atomic E-state index is 11.9. The quantitative estimate of drug-likeness (QED) is 0.742. The van der Waals surface area contributed by atoms with Gasteiger partial charge in [0.05, 0.1) is 20.3 Å². The van der Waals surface area contributed by atoms with Crippen LogP contribution < -0.4 is 10.5 Å². The molecule has 0 saturated carbocycles. The molecule has 2 aromatic carbocycles. The van der Waals surface area contributed by atoms with Gasteiger partial charge in [0, 0.05) is 43.3 Å². The SMILES string of the molecule is COc1ccc(CN(C)CC(C)N2CCOCC2)cc1-c1ccccc1C(N)=O. The second-order valence-electron chi connectivity index (χ2n) is 7.64. The topological polar surface area (TPSA) is 68.0 Å². The van der Waals surface area contributed by atoms with Gasteiger partial charge < -0.3 is 20.1 Å². The van der Waals surface area contributed by atoms with Crippen molar-refractivity contribution in [1.29, 1.82) is 0 Å². The Labute approximate surface area is 173 Å².